The summed E-state index contributed by atoms with van der Waals surface area (Å²) >= 11 is 0. The monoisotopic (exact) mass is 414 g/mol. The van der Waals surface area contributed by atoms with Crippen LogP contribution >= 0.6 is 0 Å². The van der Waals surface area contributed by atoms with Crippen LogP contribution in [0.5, 0.6) is 5.75 Å². The van der Waals surface area contributed by atoms with Gasteiger partial charge in [-0.2, -0.15) is 0 Å². The van der Waals surface area contributed by atoms with Gasteiger partial charge in [0.05, 0.1) is 17.4 Å². The molecule has 1 aliphatic rings. The van der Waals surface area contributed by atoms with Crippen molar-refractivity contribution in [3.63, 3.8) is 0 Å². The minimum atomic E-state index is -0.00153. The largest absolute Gasteiger partial charge is 0.487 e. The molecule has 3 aromatic carbocycles. The summed E-state index contributed by atoms with van der Waals surface area (Å²) < 4.78 is 6.25. The van der Waals surface area contributed by atoms with Crippen LogP contribution < -0.4 is 15.4 Å². The molecule has 0 amide bonds. The number of fused-ring (bicyclic) bond motifs is 1. The van der Waals surface area contributed by atoms with E-state index in [0.29, 0.717) is 17.7 Å². The van der Waals surface area contributed by atoms with Crippen LogP contribution in [0.1, 0.15) is 42.3 Å². The molecule has 0 fully saturated rings. The van der Waals surface area contributed by atoms with Gasteiger partial charge in [-0.15, -0.1) is 0 Å². The number of nitrogens with one attached hydrogen (secondary N) is 2. The normalized spacial score (nSPS) is 15.4. The number of hydrogen-bond donors (Lipinski definition) is 2. The Morgan fingerprint density at radius 1 is 1.00 bits per heavy atom. The molecule has 0 spiro atoms. The minimum absolute atomic E-state index is 0.00149. The molecule has 1 aliphatic heterocycles. The lowest BCUT2D eigenvalue weighted by atomic mass is 9.86. The smallest absolute Gasteiger partial charge is 0.195 e. The van der Waals surface area contributed by atoms with Gasteiger partial charge in [0, 0.05) is 17.7 Å². The Bertz CT molecular complexity index is 1040. The fraction of sp³-hybridized carbons (Fsp3) is 0.296. The molecule has 160 valence electrons. The maximum Gasteiger partial charge on any atom is 0.195 e. The zero-order valence-electron chi connectivity index (χ0n) is 18.4. The van der Waals surface area contributed by atoms with Crippen molar-refractivity contribution in [1.29, 1.82) is 0 Å². The maximum atomic E-state index is 13.3. The van der Waals surface area contributed by atoms with E-state index in [2.05, 4.69) is 55.7 Å². The van der Waals surface area contributed by atoms with E-state index in [1.165, 1.54) is 5.56 Å². The van der Waals surface area contributed by atoms with Gasteiger partial charge in [-0.05, 0) is 29.5 Å². The highest BCUT2D eigenvalue weighted by Gasteiger charge is 2.33. The molecule has 31 heavy (non-hydrogen) atoms. The summed E-state index contributed by atoms with van der Waals surface area (Å²) in [5, 5.41) is 7.12. The molecule has 3 aromatic rings. The lowest BCUT2D eigenvalue weighted by Gasteiger charge is -2.37. The molecule has 1 atom stereocenters. The van der Waals surface area contributed by atoms with Crippen LogP contribution in [0.15, 0.2) is 72.8 Å². The van der Waals surface area contributed by atoms with Gasteiger partial charge in [0.25, 0.3) is 0 Å². The Morgan fingerprint density at radius 3 is 2.35 bits per heavy atom. The summed E-state index contributed by atoms with van der Waals surface area (Å²) in [5.74, 6) is 0.730. The molecule has 0 saturated heterocycles. The molecule has 0 unspecified atom stereocenters. The van der Waals surface area contributed by atoms with E-state index in [1.54, 1.807) is 0 Å². The third-order valence-corrected chi connectivity index (χ3v) is 5.77. The first kappa shape index (κ1) is 21.0. The van der Waals surface area contributed by atoms with Gasteiger partial charge < -0.3 is 15.4 Å². The van der Waals surface area contributed by atoms with Crippen LogP contribution in [0.25, 0.3) is 0 Å². The quantitative estimate of drug-likeness (QED) is 0.501. The minimum Gasteiger partial charge on any atom is -0.487 e. The van der Waals surface area contributed by atoms with E-state index in [9.17, 15) is 4.79 Å². The Balaban J connectivity index is 1.63. The van der Waals surface area contributed by atoms with Crippen molar-refractivity contribution in [3.8, 4) is 5.75 Å². The average molecular weight is 415 g/mol. The van der Waals surface area contributed by atoms with Gasteiger partial charge in [-0.1, -0.05) is 81.4 Å². The zero-order valence-corrected chi connectivity index (χ0v) is 18.4. The summed E-state index contributed by atoms with van der Waals surface area (Å²) in [6.07, 6.45) is 0.915. The van der Waals surface area contributed by atoms with Crippen LogP contribution in [0.3, 0.4) is 0 Å². The second-order valence-corrected chi connectivity index (χ2v) is 9.10. The molecule has 4 rings (SSSR count). The van der Waals surface area contributed by atoms with Gasteiger partial charge in [0.15, 0.2) is 11.5 Å². The number of ether oxygens (including phenoxy) is 1. The van der Waals surface area contributed by atoms with Gasteiger partial charge >= 0.3 is 0 Å². The number of carbonyl (C=O) groups is 1. The average Bonchev–Trinajstić information content (AvgIpc) is 2.79. The Labute approximate surface area is 184 Å². The summed E-state index contributed by atoms with van der Waals surface area (Å²) in [5.41, 5.74) is 4.30. The molecule has 1 heterocycles. The molecule has 0 radical (unpaired) electrons. The number of ketones is 1. The first-order valence-electron chi connectivity index (χ1n) is 10.9. The molecule has 0 aromatic heterocycles. The van der Waals surface area contributed by atoms with Crippen LogP contribution in [-0.4, -0.2) is 25.0 Å². The second kappa shape index (κ2) is 8.84. The van der Waals surface area contributed by atoms with Gasteiger partial charge in [0.1, 0.15) is 6.61 Å². The summed E-state index contributed by atoms with van der Waals surface area (Å²) in [4.78, 5) is 13.3. The maximum absolute atomic E-state index is 13.3. The molecule has 4 heteroatoms. The molecule has 2 N–H and O–H groups in total. The topological polar surface area (TPSA) is 50.4 Å². The molecule has 0 bridgehead atoms. The lowest BCUT2D eigenvalue weighted by Crippen LogP contribution is -2.42. The molecule has 4 nitrogen and oxygen atoms in total. The third-order valence-electron chi connectivity index (χ3n) is 5.77. The SMILES string of the molecule is CC(C)(C)[C@H]1COc2c(NCCc3ccccc3)ccc(C(=O)c3ccccc3)c2N1. The number of carbonyl (C=O) groups excluding carboxylic acids is 1. The van der Waals surface area contributed by atoms with Crippen LogP contribution in [0, 0.1) is 5.41 Å². The summed E-state index contributed by atoms with van der Waals surface area (Å²) in [6.45, 7) is 7.89. The van der Waals surface area contributed by atoms with E-state index in [1.807, 2.05) is 48.5 Å². The number of rotatable bonds is 6. The fourth-order valence-corrected chi connectivity index (χ4v) is 3.78. The van der Waals surface area contributed by atoms with Gasteiger partial charge in [-0.25, -0.2) is 0 Å². The molecular formula is C27H30N2O2. The standard InChI is InChI=1S/C27H30N2O2/c1-27(2,3)23-18-31-26-22(28-17-16-19-10-6-4-7-11-19)15-14-21(24(26)29-23)25(30)20-12-8-5-9-13-20/h4-15,23,28-29H,16-18H2,1-3H3/t23-/m1/s1. The van der Waals surface area contributed by atoms with Crippen LogP contribution in [0.4, 0.5) is 11.4 Å². The highest BCUT2D eigenvalue weighted by molar-refractivity contribution is 6.13. The van der Waals surface area contributed by atoms with E-state index in [4.69, 9.17) is 4.74 Å². The fourth-order valence-electron chi connectivity index (χ4n) is 3.78. The Morgan fingerprint density at radius 2 is 1.68 bits per heavy atom. The van der Waals surface area contributed by atoms with E-state index < -0.39 is 0 Å². The molecular weight excluding hydrogens is 384 g/mol. The first-order valence-corrected chi connectivity index (χ1v) is 10.9. The number of benzene rings is 3. The zero-order chi connectivity index (χ0) is 21.8. The van der Waals surface area contributed by atoms with E-state index in [-0.39, 0.29) is 17.2 Å². The summed E-state index contributed by atoms with van der Waals surface area (Å²) in [6, 6.07) is 23.8. The first-order chi connectivity index (χ1) is 14.9. The predicted molar refractivity (Wildman–Crippen MR) is 127 cm³/mol. The van der Waals surface area contributed by atoms with Crippen LogP contribution in [-0.2, 0) is 6.42 Å². The molecule has 0 aliphatic carbocycles. The van der Waals surface area contributed by atoms with Gasteiger partial charge in [0.2, 0.25) is 0 Å². The summed E-state index contributed by atoms with van der Waals surface area (Å²) in [7, 11) is 0. The van der Waals surface area contributed by atoms with Crippen LogP contribution in [0.2, 0.25) is 0 Å². The Hall–Kier alpha value is -3.27. The van der Waals surface area contributed by atoms with Crippen molar-refractivity contribution in [1.82, 2.24) is 0 Å². The second-order valence-electron chi connectivity index (χ2n) is 9.10. The Kier molecular flexibility index (Phi) is 5.99. The highest BCUT2D eigenvalue weighted by Crippen LogP contribution is 2.42. The van der Waals surface area contributed by atoms with Crippen molar-refractivity contribution >= 4 is 17.2 Å². The number of anilines is 2. The third kappa shape index (κ3) is 4.74. The van der Waals surface area contributed by atoms with E-state index >= 15 is 0 Å². The van der Waals surface area contributed by atoms with Gasteiger partial charge in [-0.3, -0.25) is 4.79 Å². The predicted octanol–water partition coefficient (Wildman–Crippen LogP) is 5.79. The van der Waals surface area contributed by atoms with Crippen molar-refractivity contribution in [3.05, 3.63) is 89.5 Å². The number of hydrogen-bond acceptors (Lipinski definition) is 4. The van der Waals surface area contributed by atoms with E-state index in [0.717, 1.165) is 30.1 Å². The van der Waals surface area contributed by atoms with Crippen molar-refractivity contribution in [2.75, 3.05) is 23.8 Å². The highest BCUT2D eigenvalue weighted by atomic mass is 16.5. The lowest BCUT2D eigenvalue weighted by molar-refractivity contribution is 0.103. The van der Waals surface area contributed by atoms with Crippen molar-refractivity contribution in [2.24, 2.45) is 5.41 Å². The van der Waals surface area contributed by atoms with Crippen molar-refractivity contribution in [2.45, 2.75) is 33.2 Å². The van der Waals surface area contributed by atoms with Crippen molar-refractivity contribution < 1.29 is 9.53 Å². The molecule has 0 saturated carbocycles.